The summed E-state index contributed by atoms with van der Waals surface area (Å²) in [5.74, 6) is -0.247. The van der Waals surface area contributed by atoms with E-state index in [2.05, 4.69) is 0 Å². The Morgan fingerprint density at radius 1 is 1.38 bits per heavy atom. The summed E-state index contributed by atoms with van der Waals surface area (Å²) < 4.78 is 13.0. The van der Waals surface area contributed by atoms with Crippen molar-refractivity contribution in [2.24, 2.45) is 0 Å². The van der Waals surface area contributed by atoms with Gasteiger partial charge in [0, 0.05) is 0 Å². The van der Waals surface area contributed by atoms with Crippen LogP contribution in [0, 0.1) is 12.7 Å². The predicted molar refractivity (Wildman–Crippen MR) is 48.1 cm³/mol. The lowest BCUT2D eigenvalue weighted by molar-refractivity contribution is -0.109. The normalized spacial score (nSPS) is 18.3. The molecule has 0 saturated heterocycles. The molecule has 1 aromatic rings. The minimum absolute atomic E-state index is 0.247. The molecule has 68 valence electrons. The topological polar surface area (TPSA) is 17.1 Å². The summed E-state index contributed by atoms with van der Waals surface area (Å²) in [5.41, 5.74) is 1.36. The zero-order chi connectivity index (χ0) is 9.47. The maximum Gasteiger partial charge on any atom is 0.130 e. The van der Waals surface area contributed by atoms with Crippen molar-refractivity contribution in [3.05, 3.63) is 35.1 Å². The van der Waals surface area contributed by atoms with Crippen LogP contribution in [0.1, 0.15) is 24.0 Å². The average molecular weight is 178 g/mol. The second-order valence-electron chi connectivity index (χ2n) is 3.79. The van der Waals surface area contributed by atoms with Crippen molar-refractivity contribution >= 4 is 6.29 Å². The van der Waals surface area contributed by atoms with Crippen molar-refractivity contribution in [1.29, 1.82) is 0 Å². The molecule has 0 radical (unpaired) electrons. The number of carbonyl (C=O) groups is 1. The second kappa shape index (κ2) is 2.66. The maximum absolute atomic E-state index is 13.0. The van der Waals surface area contributed by atoms with E-state index >= 15 is 0 Å². The zero-order valence-electron chi connectivity index (χ0n) is 7.51. The molecule has 0 bridgehead atoms. The summed E-state index contributed by atoms with van der Waals surface area (Å²) in [7, 11) is 0. The first-order chi connectivity index (χ1) is 6.16. The zero-order valence-corrected chi connectivity index (χ0v) is 7.51. The van der Waals surface area contributed by atoms with Crippen LogP contribution in [-0.2, 0) is 10.2 Å². The van der Waals surface area contributed by atoms with Gasteiger partial charge in [-0.1, -0.05) is 6.07 Å². The van der Waals surface area contributed by atoms with Gasteiger partial charge in [0.15, 0.2) is 0 Å². The molecule has 0 atom stereocenters. The molecule has 0 heterocycles. The molecule has 1 nitrogen and oxygen atoms in total. The van der Waals surface area contributed by atoms with Crippen molar-refractivity contribution in [2.45, 2.75) is 25.2 Å². The molecule has 0 aromatic heterocycles. The quantitative estimate of drug-likeness (QED) is 0.635. The molecular formula is C11H11FO. The number of rotatable bonds is 2. The van der Waals surface area contributed by atoms with Crippen LogP contribution >= 0.6 is 0 Å². The monoisotopic (exact) mass is 178 g/mol. The van der Waals surface area contributed by atoms with E-state index < -0.39 is 0 Å². The van der Waals surface area contributed by atoms with Gasteiger partial charge in [-0.05, 0) is 43.0 Å². The Balaban J connectivity index is 2.46. The number of benzene rings is 1. The lowest BCUT2D eigenvalue weighted by atomic mass is 9.96. The lowest BCUT2D eigenvalue weighted by Gasteiger charge is -2.08. The van der Waals surface area contributed by atoms with Gasteiger partial charge in [-0.15, -0.1) is 0 Å². The highest BCUT2D eigenvalue weighted by Crippen LogP contribution is 2.46. The van der Waals surface area contributed by atoms with E-state index in [1.807, 2.05) is 13.0 Å². The Hall–Kier alpha value is -1.18. The smallest absolute Gasteiger partial charge is 0.130 e. The van der Waals surface area contributed by atoms with Crippen LogP contribution < -0.4 is 0 Å². The fourth-order valence-corrected chi connectivity index (χ4v) is 1.63. The van der Waals surface area contributed by atoms with Crippen molar-refractivity contribution in [3.8, 4) is 0 Å². The lowest BCUT2D eigenvalue weighted by Crippen LogP contribution is -2.08. The molecule has 0 unspecified atom stereocenters. The molecule has 1 aromatic carbocycles. The molecule has 2 heteroatoms. The number of carbonyl (C=O) groups excluding carboxylic acids is 1. The van der Waals surface area contributed by atoms with Gasteiger partial charge in [0.2, 0.25) is 0 Å². The van der Waals surface area contributed by atoms with E-state index in [4.69, 9.17) is 0 Å². The van der Waals surface area contributed by atoms with Crippen LogP contribution in [-0.4, -0.2) is 6.29 Å². The van der Waals surface area contributed by atoms with E-state index in [0.29, 0.717) is 0 Å². The van der Waals surface area contributed by atoms with E-state index in [0.717, 1.165) is 30.3 Å². The molecule has 1 aliphatic rings. The fourth-order valence-electron chi connectivity index (χ4n) is 1.63. The minimum Gasteiger partial charge on any atom is -0.302 e. The summed E-state index contributed by atoms with van der Waals surface area (Å²) in [4.78, 5) is 10.8. The van der Waals surface area contributed by atoms with E-state index in [1.54, 1.807) is 0 Å². The molecule has 0 aliphatic heterocycles. The van der Waals surface area contributed by atoms with Gasteiger partial charge in [-0.2, -0.15) is 0 Å². The molecule has 0 spiro atoms. The molecule has 1 fully saturated rings. The minimum atomic E-state index is -0.354. The summed E-state index contributed by atoms with van der Waals surface area (Å²) in [6.07, 6.45) is 2.67. The van der Waals surface area contributed by atoms with Gasteiger partial charge in [0.1, 0.15) is 12.1 Å². The summed E-state index contributed by atoms with van der Waals surface area (Å²) in [6, 6.07) is 4.84. The summed E-state index contributed by atoms with van der Waals surface area (Å²) >= 11 is 0. The largest absolute Gasteiger partial charge is 0.302 e. The SMILES string of the molecule is Cc1cc(F)cc(C2(C=O)CC2)c1. The van der Waals surface area contributed by atoms with E-state index in [-0.39, 0.29) is 11.2 Å². The van der Waals surface area contributed by atoms with E-state index in [9.17, 15) is 9.18 Å². The van der Waals surface area contributed by atoms with Gasteiger partial charge in [0.25, 0.3) is 0 Å². The Labute approximate surface area is 76.6 Å². The molecule has 0 amide bonds. The van der Waals surface area contributed by atoms with Crippen molar-refractivity contribution in [1.82, 2.24) is 0 Å². The third-order valence-electron chi connectivity index (χ3n) is 2.63. The van der Waals surface area contributed by atoms with Crippen molar-refractivity contribution in [3.63, 3.8) is 0 Å². The molecule has 13 heavy (non-hydrogen) atoms. The van der Waals surface area contributed by atoms with Crippen LogP contribution in [0.5, 0.6) is 0 Å². The first-order valence-corrected chi connectivity index (χ1v) is 4.40. The van der Waals surface area contributed by atoms with Gasteiger partial charge in [-0.3, -0.25) is 0 Å². The fraction of sp³-hybridized carbons (Fsp3) is 0.364. The number of aldehydes is 1. The van der Waals surface area contributed by atoms with Gasteiger partial charge >= 0.3 is 0 Å². The number of hydrogen-bond acceptors (Lipinski definition) is 1. The highest BCUT2D eigenvalue weighted by Gasteiger charge is 2.44. The summed E-state index contributed by atoms with van der Waals surface area (Å²) in [5, 5.41) is 0. The standard InChI is InChI=1S/C11H11FO/c1-8-4-9(6-10(12)5-8)11(7-13)2-3-11/h4-7H,2-3H2,1H3. The highest BCUT2D eigenvalue weighted by atomic mass is 19.1. The third kappa shape index (κ3) is 1.37. The summed E-state index contributed by atoms with van der Waals surface area (Å²) in [6.45, 7) is 1.84. The van der Waals surface area contributed by atoms with Crippen LogP contribution in [0.2, 0.25) is 0 Å². The maximum atomic E-state index is 13.0. The van der Waals surface area contributed by atoms with Gasteiger partial charge in [0.05, 0.1) is 5.41 Å². The average Bonchev–Trinajstić information content (AvgIpc) is 2.82. The molecule has 0 N–H and O–H groups in total. The Kier molecular flexibility index (Phi) is 1.72. The molecule has 1 aliphatic carbocycles. The van der Waals surface area contributed by atoms with Crippen LogP contribution in [0.3, 0.4) is 0 Å². The Morgan fingerprint density at radius 2 is 2.08 bits per heavy atom. The van der Waals surface area contributed by atoms with Crippen LogP contribution in [0.4, 0.5) is 4.39 Å². The molecule has 1 saturated carbocycles. The van der Waals surface area contributed by atoms with E-state index in [1.165, 1.54) is 12.1 Å². The van der Waals surface area contributed by atoms with Crippen molar-refractivity contribution in [2.75, 3.05) is 0 Å². The first-order valence-electron chi connectivity index (χ1n) is 4.40. The van der Waals surface area contributed by atoms with Crippen LogP contribution in [0.25, 0.3) is 0 Å². The first kappa shape index (κ1) is 8.42. The molecule has 2 rings (SSSR count). The van der Waals surface area contributed by atoms with Gasteiger partial charge in [-0.25, -0.2) is 4.39 Å². The second-order valence-corrected chi connectivity index (χ2v) is 3.79. The number of halogens is 1. The number of hydrogen-bond donors (Lipinski definition) is 0. The Bertz CT molecular complexity index is 333. The Morgan fingerprint density at radius 3 is 2.54 bits per heavy atom. The van der Waals surface area contributed by atoms with Gasteiger partial charge < -0.3 is 4.79 Å². The molecular weight excluding hydrogens is 167 g/mol. The third-order valence-corrected chi connectivity index (χ3v) is 2.63. The van der Waals surface area contributed by atoms with Crippen molar-refractivity contribution < 1.29 is 9.18 Å². The number of aryl methyl sites for hydroxylation is 1. The van der Waals surface area contributed by atoms with Crippen LogP contribution in [0.15, 0.2) is 18.2 Å². The highest BCUT2D eigenvalue weighted by molar-refractivity contribution is 5.73. The predicted octanol–water partition coefficient (Wildman–Crippen LogP) is 2.36.